The van der Waals surface area contributed by atoms with Gasteiger partial charge in [0.15, 0.2) is 5.65 Å². The van der Waals surface area contributed by atoms with Crippen LogP contribution in [0.4, 0.5) is 23.5 Å². The maximum absolute atomic E-state index is 14.5. The van der Waals surface area contributed by atoms with Gasteiger partial charge < -0.3 is 9.64 Å². The monoisotopic (exact) mass is 407 g/mol. The number of ether oxygens (including phenoxy) is 1. The molecule has 152 valence electrons. The normalized spacial score (nSPS) is 17.3. The van der Waals surface area contributed by atoms with Crippen LogP contribution >= 0.6 is 0 Å². The number of hydrogen-bond donors (Lipinski definition) is 0. The second kappa shape index (κ2) is 7.51. The molecular formula is C19H17F4N5O. The van der Waals surface area contributed by atoms with E-state index >= 15 is 0 Å². The number of aromatic nitrogens is 4. The standard InChI is InChI=1S/C19H17F4N5O/c1-9-10(2)25-18-16(24-9)15(12-4-3-11(20)7-13(12)21)26-19(27-18)28-5-6-29-14(8-28)17(22)23/h3-4,7,14,17H,5-6,8H2,1-2H3. The van der Waals surface area contributed by atoms with E-state index in [0.717, 1.165) is 12.1 Å². The number of benzene rings is 1. The minimum Gasteiger partial charge on any atom is -0.369 e. The van der Waals surface area contributed by atoms with Gasteiger partial charge in [0, 0.05) is 18.2 Å². The van der Waals surface area contributed by atoms with E-state index in [1.54, 1.807) is 18.7 Å². The van der Waals surface area contributed by atoms with E-state index in [0.29, 0.717) is 17.9 Å². The zero-order valence-corrected chi connectivity index (χ0v) is 15.7. The fourth-order valence-corrected chi connectivity index (χ4v) is 3.12. The molecule has 0 saturated carbocycles. The zero-order valence-electron chi connectivity index (χ0n) is 15.7. The van der Waals surface area contributed by atoms with Crippen molar-refractivity contribution in [2.24, 2.45) is 0 Å². The largest absolute Gasteiger partial charge is 0.369 e. The summed E-state index contributed by atoms with van der Waals surface area (Å²) in [4.78, 5) is 19.2. The predicted molar refractivity (Wildman–Crippen MR) is 97.9 cm³/mol. The van der Waals surface area contributed by atoms with E-state index in [1.165, 1.54) is 6.07 Å². The van der Waals surface area contributed by atoms with Crippen molar-refractivity contribution in [2.45, 2.75) is 26.4 Å². The average molecular weight is 407 g/mol. The Hall–Kier alpha value is -2.88. The van der Waals surface area contributed by atoms with Gasteiger partial charge in [-0.2, -0.15) is 4.98 Å². The Kier molecular flexibility index (Phi) is 5.03. The van der Waals surface area contributed by atoms with Crippen LogP contribution in [0.25, 0.3) is 22.4 Å². The summed E-state index contributed by atoms with van der Waals surface area (Å²) in [7, 11) is 0. The second-order valence-corrected chi connectivity index (χ2v) is 6.75. The molecule has 2 aromatic heterocycles. The molecule has 4 rings (SSSR count). The van der Waals surface area contributed by atoms with Gasteiger partial charge in [-0.3, -0.25) is 0 Å². The van der Waals surface area contributed by atoms with Gasteiger partial charge >= 0.3 is 0 Å². The Labute approximate surface area is 163 Å². The van der Waals surface area contributed by atoms with Gasteiger partial charge in [-0.25, -0.2) is 32.5 Å². The zero-order chi connectivity index (χ0) is 20.7. The molecule has 1 aliphatic rings. The fourth-order valence-electron chi connectivity index (χ4n) is 3.12. The maximum Gasteiger partial charge on any atom is 0.266 e. The molecule has 0 N–H and O–H groups in total. The first-order chi connectivity index (χ1) is 13.8. The van der Waals surface area contributed by atoms with E-state index < -0.39 is 24.2 Å². The Balaban J connectivity index is 1.90. The lowest BCUT2D eigenvalue weighted by Gasteiger charge is -2.32. The summed E-state index contributed by atoms with van der Waals surface area (Å²) in [6, 6.07) is 3.12. The third-order valence-electron chi connectivity index (χ3n) is 4.77. The third kappa shape index (κ3) is 3.71. The highest BCUT2D eigenvalue weighted by Crippen LogP contribution is 2.30. The number of aryl methyl sites for hydroxylation is 2. The number of halogens is 4. The van der Waals surface area contributed by atoms with E-state index in [9.17, 15) is 17.6 Å². The highest BCUT2D eigenvalue weighted by atomic mass is 19.3. The molecule has 1 fully saturated rings. The number of morpholine rings is 1. The van der Waals surface area contributed by atoms with Crippen LogP contribution in [0.1, 0.15) is 11.4 Å². The SMILES string of the molecule is Cc1nc2nc(N3CCOC(C(F)F)C3)nc(-c3ccc(F)cc3F)c2nc1C. The van der Waals surface area contributed by atoms with Crippen molar-refractivity contribution in [3.05, 3.63) is 41.2 Å². The fraction of sp³-hybridized carbons (Fsp3) is 0.368. The van der Waals surface area contributed by atoms with Crippen LogP contribution in [0.3, 0.4) is 0 Å². The Morgan fingerprint density at radius 1 is 1.07 bits per heavy atom. The van der Waals surface area contributed by atoms with Crippen molar-refractivity contribution in [1.82, 2.24) is 19.9 Å². The molecule has 1 unspecified atom stereocenters. The van der Waals surface area contributed by atoms with Crippen molar-refractivity contribution >= 4 is 17.1 Å². The van der Waals surface area contributed by atoms with Gasteiger partial charge in [0.2, 0.25) is 5.95 Å². The summed E-state index contributed by atoms with van der Waals surface area (Å²) >= 11 is 0. The highest BCUT2D eigenvalue weighted by molar-refractivity contribution is 5.88. The molecule has 3 aromatic rings. The number of alkyl halides is 2. The van der Waals surface area contributed by atoms with Crippen molar-refractivity contribution in [1.29, 1.82) is 0 Å². The van der Waals surface area contributed by atoms with Crippen molar-refractivity contribution in [3.63, 3.8) is 0 Å². The van der Waals surface area contributed by atoms with Gasteiger partial charge in [0.05, 0.1) is 24.5 Å². The van der Waals surface area contributed by atoms with E-state index in [1.807, 2.05) is 0 Å². The first-order valence-corrected chi connectivity index (χ1v) is 8.96. The molecule has 0 aliphatic carbocycles. The Bertz CT molecular complexity index is 1080. The summed E-state index contributed by atoms with van der Waals surface area (Å²) in [5, 5.41) is 0. The molecule has 6 nitrogen and oxygen atoms in total. The van der Waals surface area contributed by atoms with Crippen LogP contribution in [-0.2, 0) is 4.74 Å². The topological polar surface area (TPSA) is 64.0 Å². The van der Waals surface area contributed by atoms with Crippen molar-refractivity contribution in [2.75, 3.05) is 24.6 Å². The summed E-state index contributed by atoms with van der Waals surface area (Å²) in [5.41, 5.74) is 1.84. The Morgan fingerprint density at radius 2 is 1.83 bits per heavy atom. The van der Waals surface area contributed by atoms with E-state index in [4.69, 9.17) is 4.74 Å². The van der Waals surface area contributed by atoms with Crippen LogP contribution in [0.15, 0.2) is 18.2 Å². The molecular weight excluding hydrogens is 390 g/mol. The van der Waals surface area contributed by atoms with Gasteiger partial charge in [-0.1, -0.05) is 0 Å². The maximum atomic E-state index is 14.5. The lowest BCUT2D eigenvalue weighted by molar-refractivity contribution is -0.0617. The van der Waals surface area contributed by atoms with Crippen LogP contribution in [-0.4, -0.2) is 52.2 Å². The number of fused-ring (bicyclic) bond motifs is 1. The molecule has 1 saturated heterocycles. The summed E-state index contributed by atoms with van der Waals surface area (Å²) in [5.74, 6) is -1.43. The van der Waals surface area contributed by atoms with Crippen LogP contribution < -0.4 is 4.90 Å². The Morgan fingerprint density at radius 3 is 2.55 bits per heavy atom. The van der Waals surface area contributed by atoms with Gasteiger partial charge in [-0.15, -0.1) is 0 Å². The van der Waals surface area contributed by atoms with Gasteiger partial charge in [-0.05, 0) is 26.0 Å². The smallest absolute Gasteiger partial charge is 0.266 e. The highest BCUT2D eigenvalue weighted by Gasteiger charge is 2.30. The van der Waals surface area contributed by atoms with E-state index in [-0.39, 0.29) is 41.5 Å². The molecule has 29 heavy (non-hydrogen) atoms. The number of hydrogen-bond acceptors (Lipinski definition) is 6. The second-order valence-electron chi connectivity index (χ2n) is 6.75. The summed E-state index contributed by atoms with van der Waals surface area (Å²) in [6.45, 7) is 3.75. The predicted octanol–water partition coefficient (Wildman–Crippen LogP) is 3.45. The summed E-state index contributed by atoms with van der Waals surface area (Å²) < 4.78 is 59.2. The van der Waals surface area contributed by atoms with Gasteiger partial charge in [0.25, 0.3) is 6.43 Å². The number of nitrogens with zero attached hydrogens (tertiary/aromatic N) is 5. The van der Waals surface area contributed by atoms with Crippen LogP contribution in [0.2, 0.25) is 0 Å². The molecule has 1 aliphatic heterocycles. The minimum atomic E-state index is -2.66. The number of anilines is 1. The van der Waals surface area contributed by atoms with Crippen LogP contribution in [0, 0.1) is 25.5 Å². The molecule has 0 amide bonds. The van der Waals surface area contributed by atoms with E-state index in [2.05, 4.69) is 19.9 Å². The minimum absolute atomic E-state index is 0.0243. The molecule has 1 aromatic carbocycles. The lowest BCUT2D eigenvalue weighted by atomic mass is 10.1. The molecule has 1 atom stereocenters. The average Bonchev–Trinajstić information content (AvgIpc) is 2.68. The quantitative estimate of drug-likeness (QED) is 0.620. The number of rotatable bonds is 3. The lowest BCUT2D eigenvalue weighted by Crippen LogP contribution is -2.46. The molecule has 10 heteroatoms. The van der Waals surface area contributed by atoms with Crippen molar-refractivity contribution in [3.8, 4) is 11.3 Å². The summed E-state index contributed by atoms with van der Waals surface area (Å²) in [6.07, 6.45) is -3.93. The molecule has 0 bridgehead atoms. The molecule has 3 heterocycles. The first-order valence-electron chi connectivity index (χ1n) is 8.96. The third-order valence-corrected chi connectivity index (χ3v) is 4.77. The van der Waals surface area contributed by atoms with Crippen molar-refractivity contribution < 1.29 is 22.3 Å². The molecule has 0 spiro atoms. The first kappa shape index (κ1) is 19.4. The van der Waals surface area contributed by atoms with Crippen LogP contribution in [0.5, 0.6) is 0 Å². The van der Waals surface area contributed by atoms with Gasteiger partial charge in [0.1, 0.15) is 28.9 Å². The molecule has 0 radical (unpaired) electrons.